The lowest BCUT2D eigenvalue weighted by Gasteiger charge is -2.10. The number of methoxy groups -OCH3 is 1. The molecule has 0 aliphatic heterocycles. The van der Waals surface area contributed by atoms with Gasteiger partial charge in [0.2, 0.25) is 0 Å². The maximum atomic E-state index is 13.4. The zero-order valence-electron chi connectivity index (χ0n) is 12.8. The van der Waals surface area contributed by atoms with Crippen LogP contribution >= 0.6 is 11.6 Å². The Kier molecular flexibility index (Phi) is 4.34. The second kappa shape index (κ2) is 6.33. The first kappa shape index (κ1) is 17.2. The largest absolute Gasteiger partial charge is 0.508 e. The third-order valence-electron chi connectivity index (χ3n) is 3.52. The summed E-state index contributed by atoms with van der Waals surface area (Å²) >= 11 is 5.82. The highest BCUT2D eigenvalue weighted by Crippen LogP contribution is 2.45. The standard InChI is InChI=1S/C17H11ClF3NO3/c1-24-13-8-11(23)6-7-12(13)15-14(9-2-4-10(18)5-3-9)16(22-25-15)17(19,20)21/h2-8,23H,1H3. The highest BCUT2D eigenvalue weighted by Gasteiger charge is 2.40. The van der Waals surface area contributed by atoms with Gasteiger partial charge in [-0.05, 0) is 29.8 Å². The van der Waals surface area contributed by atoms with Gasteiger partial charge in [-0.15, -0.1) is 0 Å². The molecule has 3 aromatic rings. The third-order valence-corrected chi connectivity index (χ3v) is 3.78. The van der Waals surface area contributed by atoms with E-state index < -0.39 is 11.9 Å². The van der Waals surface area contributed by atoms with Crippen molar-refractivity contribution in [2.45, 2.75) is 6.18 Å². The van der Waals surface area contributed by atoms with Crippen LogP contribution in [0.15, 0.2) is 47.0 Å². The van der Waals surface area contributed by atoms with Gasteiger partial charge >= 0.3 is 6.18 Å². The van der Waals surface area contributed by atoms with E-state index in [1.807, 2.05) is 0 Å². The Labute approximate surface area is 145 Å². The van der Waals surface area contributed by atoms with Crippen molar-refractivity contribution in [1.29, 1.82) is 0 Å². The van der Waals surface area contributed by atoms with E-state index in [2.05, 4.69) is 5.16 Å². The highest BCUT2D eigenvalue weighted by molar-refractivity contribution is 6.30. The molecule has 1 heterocycles. The van der Waals surface area contributed by atoms with Crippen molar-refractivity contribution in [3.8, 4) is 33.9 Å². The minimum Gasteiger partial charge on any atom is -0.508 e. The number of ether oxygens (including phenoxy) is 1. The molecule has 3 rings (SSSR count). The number of aromatic nitrogens is 1. The number of phenolic OH excluding ortho intramolecular Hbond substituents is 1. The molecule has 4 nitrogen and oxygen atoms in total. The molecule has 1 N–H and O–H groups in total. The van der Waals surface area contributed by atoms with Gasteiger partial charge in [-0.25, -0.2) is 0 Å². The molecular weight excluding hydrogens is 359 g/mol. The molecular formula is C17H11ClF3NO3. The molecule has 0 radical (unpaired) electrons. The van der Waals surface area contributed by atoms with Crippen LogP contribution in [0.25, 0.3) is 22.5 Å². The van der Waals surface area contributed by atoms with Crippen LogP contribution in [-0.2, 0) is 6.18 Å². The molecule has 0 saturated heterocycles. The van der Waals surface area contributed by atoms with Crippen molar-refractivity contribution < 1.29 is 27.5 Å². The van der Waals surface area contributed by atoms with E-state index in [1.165, 1.54) is 49.6 Å². The molecule has 25 heavy (non-hydrogen) atoms. The molecule has 0 bridgehead atoms. The van der Waals surface area contributed by atoms with Gasteiger partial charge in [-0.2, -0.15) is 13.2 Å². The van der Waals surface area contributed by atoms with Crippen LogP contribution in [0.5, 0.6) is 11.5 Å². The first-order valence-electron chi connectivity index (χ1n) is 7.01. The Balaban J connectivity index is 2.28. The minimum atomic E-state index is -4.71. The van der Waals surface area contributed by atoms with Gasteiger partial charge in [0.05, 0.1) is 18.2 Å². The lowest BCUT2D eigenvalue weighted by Crippen LogP contribution is -2.07. The summed E-state index contributed by atoms with van der Waals surface area (Å²) in [6.45, 7) is 0. The van der Waals surface area contributed by atoms with Crippen LogP contribution in [0, 0.1) is 0 Å². The molecule has 0 aliphatic rings. The van der Waals surface area contributed by atoms with Crippen LogP contribution in [-0.4, -0.2) is 17.4 Å². The number of alkyl halides is 3. The highest BCUT2D eigenvalue weighted by atomic mass is 35.5. The van der Waals surface area contributed by atoms with Crippen molar-refractivity contribution in [3.63, 3.8) is 0 Å². The quantitative estimate of drug-likeness (QED) is 0.672. The van der Waals surface area contributed by atoms with Crippen molar-refractivity contribution in [2.75, 3.05) is 7.11 Å². The molecule has 0 spiro atoms. The second-order valence-electron chi connectivity index (χ2n) is 5.12. The monoisotopic (exact) mass is 369 g/mol. The summed E-state index contributed by atoms with van der Waals surface area (Å²) in [6, 6.07) is 9.83. The Morgan fingerprint density at radius 3 is 2.40 bits per heavy atom. The van der Waals surface area contributed by atoms with E-state index in [1.54, 1.807) is 0 Å². The molecule has 0 amide bonds. The summed E-state index contributed by atoms with van der Waals surface area (Å²) in [5.74, 6) is -0.0595. The maximum absolute atomic E-state index is 13.4. The summed E-state index contributed by atoms with van der Waals surface area (Å²) in [5, 5.41) is 13.1. The SMILES string of the molecule is COc1cc(O)ccc1-c1onc(C(F)(F)F)c1-c1ccc(Cl)cc1. The number of nitrogens with zero attached hydrogens (tertiary/aromatic N) is 1. The molecule has 0 aliphatic carbocycles. The molecule has 0 fully saturated rings. The summed E-state index contributed by atoms with van der Waals surface area (Å²) in [4.78, 5) is 0. The van der Waals surface area contributed by atoms with E-state index >= 15 is 0 Å². The Bertz CT molecular complexity index is 904. The maximum Gasteiger partial charge on any atom is 0.437 e. The number of hydrogen-bond donors (Lipinski definition) is 1. The average Bonchev–Trinajstić information content (AvgIpc) is 3.00. The smallest absolute Gasteiger partial charge is 0.437 e. The van der Waals surface area contributed by atoms with Gasteiger partial charge < -0.3 is 14.4 Å². The fourth-order valence-corrected chi connectivity index (χ4v) is 2.55. The summed E-state index contributed by atoms with van der Waals surface area (Å²) in [6.07, 6.45) is -4.71. The minimum absolute atomic E-state index is 0.0933. The lowest BCUT2D eigenvalue weighted by atomic mass is 9.98. The van der Waals surface area contributed by atoms with Crippen LogP contribution in [0.2, 0.25) is 5.02 Å². The molecule has 130 valence electrons. The Morgan fingerprint density at radius 2 is 1.80 bits per heavy atom. The zero-order valence-corrected chi connectivity index (χ0v) is 13.5. The number of aromatic hydroxyl groups is 1. The fraction of sp³-hybridized carbons (Fsp3) is 0.118. The number of hydrogen-bond acceptors (Lipinski definition) is 4. The number of halogens is 4. The zero-order chi connectivity index (χ0) is 18.2. The van der Waals surface area contributed by atoms with E-state index in [9.17, 15) is 18.3 Å². The first-order chi connectivity index (χ1) is 11.8. The van der Waals surface area contributed by atoms with Crippen molar-refractivity contribution in [2.24, 2.45) is 0 Å². The summed E-state index contributed by atoms with van der Waals surface area (Å²) in [5.41, 5.74) is -0.913. The van der Waals surface area contributed by atoms with Gasteiger partial charge in [0.1, 0.15) is 11.5 Å². The van der Waals surface area contributed by atoms with E-state index in [0.29, 0.717) is 5.02 Å². The third kappa shape index (κ3) is 3.28. The normalized spacial score (nSPS) is 11.6. The van der Waals surface area contributed by atoms with E-state index in [0.717, 1.165) is 0 Å². The molecule has 0 saturated carbocycles. The fourth-order valence-electron chi connectivity index (χ4n) is 2.42. The molecule has 2 aromatic carbocycles. The lowest BCUT2D eigenvalue weighted by molar-refractivity contribution is -0.142. The topological polar surface area (TPSA) is 55.5 Å². The molecule has 0 unspecified atom stereocenters. The predicted molar refractivity (Wildman–Crippen MR) is 85.6 cm³/mol. The van der Waals surface area contributed by atoms with E-state index in [4.69, 9.17) is 20.9 Å². The second-order valence-corrected chi connectivity index (χ2v) is 5.56. The van der Waals surface area contributed by atoms with Gasteiger partial charge in [-0.1, -0.05) is 28.9 Å². The molecule has 8 heteroatoms. The van der Waals surface area contributed by atoms with Crippen molar-refractivity contribution in [1.82, 2.24) is 5.16 Å². The number of rotatable bonds is 3. The molecule has 0 atom stereocenters. The van der Waals surface area contributed by atoms with Gasteiger partial charge in [0, 0.05) is 11.1 Å². The van der Waals surface area contributed by atoms with Crippen LogP contribution in [0.3, 0.4) is 0 Å². The van der Waals surface area contributed by atoms with Gasteiger partial charge in [-0.3, -0.25) is 0 Å². The average molecular weight is 370 g/mol. The van der Waals surface area contributed by atoms with Crippen LogP contribution in [0.4, 0.5) is 13.2 Å². The predicted octanol–water partition coefficient (Wildman–Crippen LogP) is 5.40. The number of benzene rings is 2. The molecule has 1 aromatic heterocycles. The summed E-state index contributed by atoms with van der Waals surface area (Å²) in [7, 11) is 1.33. The van der Waals surface area contributed by atoms with Crippen LogP contribution < -0.4 is 4.74 Å². The Morgan fingerprint density at radius 1 is 1.12 bits per heavy atom. The van der Waals surface area contributed by atoms with Crippen molar-refractivity contribution >= 4 is 11.6 Å². The van der Waals surface area contributed by atoms with Crippen molar-refractivity contribution in [3.05, 3.63) is 53.2 Å². The van der Waals surface area contributed by atoms with Crippen LogP contribution in [0.1, 0.15) is 5.69 Å². The number of phenols is 1. The first-order valence-corrected chi connectivity index (χ1v) is 7.39. The Hall–Kier alpha value is -2.67. The summed E-state index contributed by atoms with van der Waals surface area (Å²) < 4.78 is 50.3. The van der Waals surface area contributed by atoms with Gasteiger partial charge in [0.25, 0.3) is 0 Å². The van der Waals surface area contributed by atoms with Gasteiger partial charge in [0.15, 0.2) is 11.5 Å². The van der Waals surface area contributed by atoms with E-state index in [-0.39, 0.29) is 33.9 Å².